The molecule has 2 rings (SSSR count). The van der Waals surface area contributed by atoms with Gasteiger partial charge in [-0.2, -0.15) is 13.2 Å². The van der Waals surface area contributed by atoms with Gasteiger partial charge in [0.05, 0.1) is 0 Å². The molecular formula is C9H7F3N2. The summed E-state index contributed by atoms with van der Waals surface area (Å²) in [6.07, 6.45) is -1.83. The molecule has 0 spiro atoms. The van der Waals surface area contributed by atoms with Crippen molar-refractivity contribution in [3.63, 3.8) is 0 Å². The summed E-state index contributed by atoms with van der Waals surface area (Å²) >= 11 is 0. The van der Waals surface area contributed by atoms with Crippen LogP contribution in [0.1, 0.15) is 11.3 Å². The highest BCUT2D eigenvalue weighted by molar-refractivity contribution is 5.42. The zero-order valence-corrected chi connectivity index (χ0v) is 7.34. The van der Waals surface area contributed by atoms with E-state index in [2.05, 4.69) is 4.98 Å². The van der Waals surface area contributed by atoms with Gasteiger partial charge in [-0.15, -0.1) is 0 Å². The minimum atomic E-state index is -4.38. The quantitative estimate of drug-likeness (QED) is 0.639. The highest BCUT2D eigenvalue weighted by Crippen LogP contribution is 2.28. The third-order valence-corrected chi connectivity index (χ3v) is 1.91. The molecule has 2 nitrogen and oxygen atoms in total. The smallest absolute Gasteiger partial charge is 0.306 e. The minimum absolute atomic E-state index is 0.317. The van der Waals surface area contributed by atoms with E-state index in [1.54, 1.807) is 18.3 Å². The van der Waals surface area contributed by atoms with Crippen LogP contribution in [0, 0.1) is 6.92 Å². The molecule has 5 heteroatoms. The van der Waals surface area contributed by atoms with E-state index in [0.29, 0.717) is 5.65 Å². The van der Waals surface area contributed by atoms with Crippen molar-refractivity contribution in [1.82, 2.24) is 9.38 Å². The molecular weight excluding hydrogens is 193 g/mol. The van der Waals surface area contributed by atoms with Gasteiger partial charge >= 0.3 is 6.18 Å². The fourth-order valence-corrected chi connectivity index (χ4v) is 1.22. The van der Waals surface area contributed by atoms with Gasteiger partial charge in [-0.05, 0) is 24.6 Å². The van der Waals surface area contributed by atoms with Crippen LogP contribution in [0.3, 0.4) is 0 Å². The van der Waals surface area contributed by atoms with Gasteiger partial charge in [0.1, 0.15) is 5.65 Å². The largest absolute Gasteiger partial charge is 0.434 e. The van der Waals surface area contributed by atoms with Crippen LogP contribution < -0.4 is 0 Å². The number of fused-ring (bicyclic) bond motifs is 1. The van der Waals surface area contributed by atoms with Crippen molar-refractivity contribution in [3.05, 3.63) is 35.8 Å². The van der Waals surface area contributed by atoms with E-state index in [1.165, 1.54) is 4.40 Å². The van der Waals surface area contributed by atoms with Crippen molar-refractivity contribution in [2.45, 2.75) is 13.1 Å². The molecule has 0 unspecified atom stereocenters. The molecule has 0 aliphatic heterocycles. The van der Waals surface area contributed by atoms with Crippen LogP contribution in [-0.2, 0) is 6.18 Å². The highest BCUT2D eigenvalue weighted by atomic mass is 19.4. The molecule has 0 aliphatic rings. The molecule has 0 bridgehead atoms. The summed E-state index contributed by atoms with van der Waals surface area (Å²) in [5.74, 6) is 0. The van der Waals surface area contributed by atoms with E-state index in [0.717, 1.165) is 11.8 Å². The molecule has 14 heavy (non-hydrogen) atoms. The summed E-state index contributed by atoms with van der Waals surface area (Å²) in [5, 5.41) is 0. The van der Waals surface area contributed by atoms with Crippen LogP contribution >= 0.6 is 0 Å². The van der Waals surface area contributed by atoms with Crippen molar-refractivity contribution in [2.75, 3.05) is 0 Å². The molecule has 2 aromatic rings. The number of aryl methyl sites for hydroxylation is 1. The fraction of sp³-hybridized carbons (Fsp3) is 0.222. The number of hydrogen-bond acceptors (Lipinski definition) is 1. The van der Waals surface area contributed by atoms with Crippen LogP contribution in [0.25, 0.3) is 5.65 Å². The predicted molar refractivity (Wildman–Crippen MR) is 44.9 cm³/mol. The Bertz CT molecular complexity index is 470. The van der Waals surface area contributed by atoms with Crippen molar-refractivity contribution < 1.29 is 13.2 Å². The second-order valence-electron chi connectivity index (χ2n) is 3.09. The first-order valence-electron chi connectivity index (χ1n) is 3.99. The molecule has 0 aliphatic carbocycles. The average molecular weight is 200 g/mol. The van der Waals surface area contributed by atoms with E-state index in [1.807, 2.05) is 6.92 Å². The second-order valence-corrected chi connectivity index (χ2v) is 3.09. The third kappa shape index (κ3) is 1.45. The molecule has 0 radical (unpaired) electrons. The van der Waals surface area contributed by atoms with Gasteiger partial charge in [0.2, 0.25) is 0 Å². The maximum absolute atomic E-state index is 12.3. The molecule has 0 amide bonds. The van der Waals surface area contributed by atoms with Gasteiger partial charge in [-0.3, -0.25) is 0 Å². The molecule has 0 saturated heterocycles. The SMILES string of the molecule is Cc1ccn2cc(C(F)(F)F)nc2c1. The van der Waals surface area contributed by atoms with E-state index < -0.39 is 11.9 Å². The molecule has 0 saturated carbocycles. The van der Waals surface area contributed by atoms with E-state index >= 15 is 0 Å². The maximum Gasteiger partial charge on any atom is 0.434 e. The number of halogens is 3. The number of rotatable bonds is 0. The number of alkyl halides is 3. The lowest BCUT2D eigenvalue weighted by atomic mass is 10.3. The van der Waals surface area contributed by atoms with Gasteiger partial charge in [-0.25, -0.2) is 4.98 Å². The molecule has 0 fully saturated rings. The Balaban J connectivity index is 2.63. The fourth-order valence-electron chi connectivity index (χ4n) is 1.22. The normalized spacial score (nSPS) is 12.3. The second kappa shape index (κ2) is 2.73. The standard InChI is InChI=1S/C9H7F3N2/c1-6-2-3-14-5-7(9(10,11)12)13-8(14)4-6/h2-5H,1H3. The van der Waals surface area contributed by atoms with E-state index in [9.17, 15) is 13.2 Å². The predicted octanol–water partition coefficient (Wildman–Crippen LogP) is 2.66. The summed E-state index contributed by atoms with van der Waals surface area (Å²) < 4.78 is 38.1. The molecule has 2 heterocycles. The van der Waals surface area contributed by atoms with Crippen LogP contribution in [-0.4, -0.2) is 9.38 Å². The van der Waals surface area contributed by atoms with Crippen LogP contribution in [0.4, 0.5) is 13.2 Å². The van der Waals surface area contributed by atoms with Crippen LogP contribution in [0.2, 0.25) is 0 Å². The van der Waals surface area contributed by atoms with Crippen LogP contribution in [0.5, 0.6) is 0 Å². The molecule has 2 aromatic heterocycles. The maximum atomic E-state index is 12.3. The Hall–Kier alpha value is -1.52. The van der Waals surface area contributed by atoms with Crippen molar-refractivity contribution in [1.29, 1.82) is 0 Å². The number of aromatic nitrogens is 2. The Kier molecular flexibility index (Phi) is 1.77. The first-order chi connectivity index (χ1) is 6.47. The Morgan fingerprint density at radius 1 is 1.36 bits per heavy atom. The zero-order chi connectivity index (χ0) is 10.3. The van der Waals surface area contributed by atoms with E-state index in [-0.39, 0.29) is 0 Å². The monoisotopic (exact) mass is 200 g/mol. The zero-order valence-electron chi connectivity index (χ0n) is 7.34. The molecule has 0 atom stereocenters. The van der Waals surface area contributed by atoms with Crippen molar-refractivity contribution >= 4 is 5.65 Å². The van der Waals surface area contributed by atoms with Gasteiger partial charge in [0, 0.05) is 12.4 Å². The number of hydrogen-bond donors (Lipinski definition) is 0. The number of pyridine rings is 1. The molecule has 0 N–H and O–H groups in total. The number of nitrogens with zero attached hydrogens (tertiary/aromatic N) is 2. The first kappa shape index (κ1) is 9.05. The Morgan fingerprint density at radius 3 is 2.71 bits per heavy atom. The summed E-state index contributed by atoms with van der Waals surface area (Å²) in [6.45, 7) is 1.81. The summed E-state index contributed by atoms with van der Waals surface area (Å²) in [6, 6.07) is 3.34. The lowest BCUT2D eigenvalue weighted by molar-refractivity contribution is -0.140. The lowest BCUT2D eigenvalue weighted by Crippen LogP contribution is -2.04. The topological polar surface area (TPSA) is 17.3 Å². The molecule has 74 valence electrons. The van der Waals surface area contributed by atoms with E-state index in [4.69, 9.17) is 0 Å². The first-order valence-corrected chi connectivity index (χ1v) is 3.99. The highest BCUT2D eigenvalue weighted by Gasteiger charge is 2.33. The molecule has 0 aromatic carbocycles. The number of imidazole rings is 1. The summed E-state index contributed by atoms with van der Waals surface area (Å²) in [5.41, 5.74) is 0.345. The van der Waals surface area contributed by atoms with Crippen molar-refractivity contribution in [2.24, 2.45) is 0 Å². The third-order valence-electron chi connectivity index (χ3n) is 1.91. The van der Waals surface area contributed by atoms with Gasteiger partial charge in [0.15, 0.2) is 5.69 Å². The summed E-state index contributed by atoms with van der Waals surface area (Å²) in [4.78, 5) is 3.48. The lowest BCUT2D eigenvalue weighted by Gasteiger charge is -1.98. The van der Waals surface area contributed by atoms with Gasteiger partial charge < -0.3 is 4.40 Å². The minimum Gasteiger partial charge on any atom is -0.306 e. The van der Waals surface area contributed by atoms with Crippen LogP contribution in [0.15, 0.2) is 24.5 Å². The van der Waals surface area contributed by atoms with Crippen molar-refractivity contribution in [3.8, 4) is 0 Å². The van der Waals surface area contributed by atoms with Gasteiger partial charge in [-0.1, -0.05) is 0 Å². The van der Waals surface area contributed by atoms with Gasteiger partial charge in [0.25, 0.3) is 0 Å². The Labute approximate surface area is 78.0 Å². The summed E-state index contributed by atoms with van der Waals surface area (Å²) in [7, 11) is 0. The Morgan fingerprint density at radius 2 is 2.07 bits per heavy atom. The average Bonchev–Trinajstić information content (AvgIpc) is 2.45.